The minimum atomic E-state index is -1.27. The van der Waals surface area contributed by atoms with Gasteiger partial charge in [-0.25, -0.2) is 9.18 Å². The molecule has 160 valence electrons. The zero-order valence-corrected chi connectivity index (χ0v) is 17.4. The van der Waals surface area contributed by atoms with Gasteiger partial charge in [-0.05, 0) is 56.3 Å². The first-order chi connectivity index (χ1) is 14.4. The van der Waals surface area contributed by atoms with Gasteiger partial charge in [0.15, 0.2) is 0 Å². The third kappa shape index (κ3) is 2.94. The molecular formula is C23H28FN3O3. The number of carboxylic acid groups (broad SMARTS) is 1. The van der Waals surface area contributed by atoms with Crippen LogP contribution in [-0.2, 0) is 0 Å². The van der Waals surface area contributed by atoms with Crippen molar-refractivity contribution in [3.8, 4) is 0 Å². The summed E-state index contributed by atoms with van der Waals surface area (Å²) >= 11 is 0. The molecule has 1 aromatic heterocycles. The molecule has 2 saturated carbocycles. The second-order valence-electron chi connectivity index (χ2n) is 9.13. The van der Waals surface area contributed by atoms with E-state index in [1.807, 2.05) is 13.0 Å². The van der Waals surface area contributed by atoms with E-state index in [1.165, 1.54) is 19.0 Å². The second-order valence-corrected chi connectivity index (χ2v) is 9.13. The van der Waals surface area contributed by atoms with E-state index in [2.05, 4.69) is 17.1 Å². The summed E-state index contributed by atoms with van der Waals surface area (Å²) in [6.45, 7) is 7.02. The van der Waals surface area contributed by atoms with E-state index in [4.69, 9.17) is 0 Å². The maximum absolute atomic E-state index is 14.0. The fourth-order valence-corrected chi connectivity index (χ4v) is 5.46. The number of aromatic nitrogens is 1. The summed E-state index contributed by atoms with van der Waals surface area (Å²) in [5, 5.41) is 13.5. The average Bonchev–Trinajstić information content (AvgIpc) is 3.59. The zero-order valence-electron chi connectivity index (χ0n) is 17.4. The fraction of sp³-hybridized carbons (Fsp3) is 0.565. The van der Waals surface area contributed by atoms with Crippen molar-refractivity contribution in [3.63, 3.8) is 0 Å². The van der Waals surface area contributed by atoms with Gasteiger partial charge in [0.05, 0.1) is 11.6 Å². The van der Waals surface area contributed by atoms with Crippen molar-refractivity contribution >= 4 is 22.6 Å². The first-order valence-electron chi connectivity index (χ1n) is 10.9. The fourth-order valence-electron chi connectivity index (χ4n) is 5.46. The number of pyridine rings is 1. The lowest BCUT2D eigenvalue weighted by molar-refractivity contribution is 0.0694. The number of benzene rings is 1. The van der Waals surface area contributed by atoms with Gasteiger partial charge in [-0.1, -0.05) is 6.92 Å². The minimum absolute atomic E-state index is 0.280. The van der Waals surface area contributed by atoms with E-state index in [9.17, 15) is 19.1 Å². The lowest BCUT2D eigenvalue weighted by Gasteiger charge is -2.26. The number of rotatable bonds is 6. The number of alkyl halides is 1. The number of aromatic carboxylic acids is 1. The number of carbonyl (C=O) groups is 1. The SMILES string of the molecule is CCNC1(C2CCN(c3ccc4c(=O)c(C(=O)O)cn(C5CC5F)c4c3C)C2)CC1. The monoisotopic (exact) mass is 413 g/mol. The third-order valence-corrected chi connectivity index (χ3v) is 7.31. The smallest absolute Gasteiger partial charge is 0.341 e. The molecule has 0 spiro atoms. The molecule has 2 aromatic rings. The molecule has 3 fully saturated rings. The van der Waals surface area contributed by atoms with Crippen LogP contribution in [0.2, 0.25) is 0 Å². The van der Waals surface area contributed by atoms with E-state index in [1.54, 1.807) is 10.6 Å². The number of hydrogen-bond acceptors (Lipinski definition) is 4. The number of fused-ring (bicyclic) bond motifs is 1. The van der Waals surface area contributed by atoms with Crippen LogP contribution in [0.1, 0.15) is 54.6 Å². The molecule has 2 N–H and O–H groups in total. The number of halogens is 1. The molecule has 0 radical (unpaired) electrons. The van der Waals surface area contributed by atoms with Gasteiger partial charge in [0.1, 0.15) is 11.7 Å². The average molecular weight is 413 g/mol. The Hall–Kier alpha value is -2.41. The number of hydrogen-bond donors (Lipinski definition) is 2. The predicted octanol–water partition coefficient (Wildman–Crippen LogP) is 3.26. The summed E-state index contributed by atoms with van der Waals surface area (Å²) in [4.78, 5) is 26.7. The lowest BCUT2D eigenvalue weighted by Crippen LogP contribution is -2.40. The van der Waals surface area contributed by atoms with Crippen LogP contribution in [0.5, 0.6) is 0 Å². The number of carboxylic acids is 1. The molecular weight excluding hydrogens is 385 g/mol. The highest BCUT2D eigenvalue weighted by Gasteiger charge is 2.50. The van der Waals surface area contributed by atoms with Crippen LogP contribution in [0, 0.1) is 12.8 Å². The van der Waals surface area contributed by atoms with Crippen molar-refractivity contribution in [3.05, 3.63) is 39.7 Å². The lowest BCUT2D eigenvalue weighted by atomic mass is 9.96. The van der Waals surface area contributed by atoms with Crippen LogP contribution in [-0.4, -0.2) is 47.0 Å². The van der Waals surface area contributed by atoms with Crippen LogP contribution in [0.4, 0.5) is 10.1 Å². The highest BCUT2D eigenvalue weighted by Crippen LogP contribution is 2.47. The molecule has 5 rings (SSSR count). The molecule has 1 saturated heterocycles. The number of anilines is 1. The minimum Gasteiger partial charge on any atom is -0.477 e. The van der Waals surface area contributed by atoms with Crippen molar-refractivity contribution in [2.24, 2.45) is 5.92 Å². The number of aryl methyl sites for hydroxylation is 1. The Bertz CT molecular complexity index is 1090. The van der Waals surface area contributed by atoms with E-state index in [-0.39, 0.29) is 11.1 Å². The zero-order chi connectivity index (χ0) is 21.2. The Morgan fingerprint density at radius 2 is 2.10 bits per heavy atom. The van der Waals surface area contributed by atoms with Crippen molar-refractivity contribution in [2.75, 3.05) is 24.5 Å². The van der Waals surface area contributed by atoms with Gasteiger partial charge in [0.25, 0.3) is 0 Å². The molecule has 3 atom stereocenters. The molecule has 6 nitrogen and oxygen atoms in total. The van der Waals surface area contributed by atoms with Gasteiger partial charge in [-0.3, -0.25) is 4.79 Å². The molecule has 3 unspecified atom stereocenters. The molecule has 2 heterocycles. The first kappa shape index (κ1) is 19.5. The summed E-state index contributed by atoms with van der Waals surface area (Å²) in [5.41, 5.74) is 2.14. The molecule has 1 aromatic carbocycles. The Kier molecular flexibility index (Phi) is 4.43. The normalized spacial score (nSPS) is 26.9. The molecule has 30 heavy (non-hydrogen) atoms. The number of nitrogens with zero attached hydrogens (tertiary/aromatic N) is 2. The van der Waals surface area contributed by atoms with Gasteiger partial charge < -0.3 is 19.9 Å². The summed E-state index contributed by atoms with van der Waals surface area (Å²) in [6.07, 6.45) is 4.29. The predicted molar refractivity (Wildman–Crippen MR) is 114 cm³/mol. The van der Waals surface area contributed by atoms with Crippen LogP contribution < -0.4 is 15.6 Å². The molecule has 7 heteroatoms. The molecule has 0 bridgehead atoms. The van der Waals surface area contributed by atoms with E-state index in [0.717, 1.165) is 37.3 Å². The summed E-state index contributed by atoms with van der Waals surface area (Å²) in [6, 6.07) is 3.27. The Labute approximate surface area is 174 Å². The highest BCUT2D eigenvalue weighted by atomic mass is 19.1. The summed E-state index contributed by atoms with van der Waals surface area (Å²) < 4.78 is 15.6. The summed E-state index contributed by atoms with van der Waals surface area (Å²) in [5.74, 6) is -0.670. The van der Waals surface area contributed by atoms with Gasteiger partial charge in [-0.2, -0.15) is 0 Å². The van der Waals surface area contributed by atoms with Crippen molar-refractivity contribution in [1.82, 2.24) is 9.88 Å². The Morgan fingerprint density at radius 1 is 1.37 bits per heavy atom. The van der Waals surface area contributed by atoms with Gasteiger partial charge in [0, 0.05) is 42.3 Å². The van der Waals surface area contributed by atoms with Crippen LogP contribution >= 0.6 is 0 Å². The quantitative estimate of drug-likeness (QED) is 0.760. The van der Waals surface area contributed by atoms with Gasteiger partial charge in [0.2, 0.25) is 5.43 Å². The van der Waals surface area contributed by atoms with Crippen LogP contribution in [0.3, 0.4) is 0 Å². The van der Waals surface area contributed by atoms with E-state index >= 15 is 0 Å². The van der Waals surface area contributed by atoms with E-state index < -0.39 is 23.6 Å². The van der Waals surface area contributed by atoms with Crippen molar-refractivity contribution < 1.29 is 14.3 Å². The Morgan fingerprint density at radius 3 is 2.70 bits per heavy atom. The van der Waals surface area contributed by atoms with Crippen molar-refractivity contribution in [1.29, 1.82) is 0 Å². The Balaban J connectivity index is 1.57. The van der Waals surface area contributed by atoms with E-state index in [0.29, 0.717) is 23.2 Å². The third-order valence-electron chi connectivity index (χ3n) is 7.31. The molecule has 3 aliphatic rings. The largest absolute Gasteiger partial charge is 0.477 e. The molecule has 2 aliphatic carbocycles. The maximum Gasteiger partial charge on any atom is 0.341 e. The van der Waals surface area contributed by atoms with Crippen LogP contribution in [0.25, 0.3) is 10.9 Å². The highest BCUT2D eigenvalue weighted by molar-refractivity contribution is 5.95. The van der Waals surface area contributed by atoms with Crippen molar-refractivity contribution in [2.45, 2.75) is 57.3 Å². The maximum atomic E-state index is 14.0. The number of nitrogens with one attached hydrogen (secondary N) is 1. The van der Waals surface area contributed by atoms with Gasteiger partial charge in [-0.15, -0.1) is 0 Å². The standard InChI is InChI=1S/C23H28FN3O3/c1-3-25-23(7-8-23)14-6-9-26(11-14)18-5-4-15-20(13(18)2)27(19-10-17(19)24)12-16(21(15)28)22(29)30/h4-5,12,14,17,19,25H,3,6-11H2,1-2H3,(H,29,30). The van der Waals surface area contributed by atoms with Gasteiger partial charge >= 0.3 is 5.97 Å². The molecule has 0 amide bonds. The van der Waals surface area contributed by atoms with Crippen LogP contribution in [0.15, 0.2) is 23.1 Å². The second kappa shape index (κ2) is 6.80. The first-order valence-corrected chi connectivity index (χ1v) is 10.9. The summed E-state index contributed by atoms with van der Waals surface area (Å²) in [7, 11) is 0. The topological polar surface area (TPSA) is 74.6 Å². The molecule has 1 aliphatic heterocycles.